The molecule has 0 fully saturated rings. The van der Waals surface area contributed by atoms with Gasteiger partial charge in [0.2, 0.25) is 0 Å². The van der Waals surface area contributed by atoms with E-state index in [0.717, 1.165) is 36.8 Å². The van der Waals surface area contributed by atoms with E-state index in [9.17, 15) is 0 Å². The standard InChI is InChI=1S/C18H25N3OS.HI/c1-4-19-18(21(2)11-10-17-9-6-12-23-17)20-14-15-7-5-8-16(13-15)22-3;/h5-9,12-13H,4,10-11,14H2,1-3H3,(H,19,20);1H. The van der Waals surface area contributed by atoms with Crippen LogP contribution in [0.25, 0.3) is 0 Å². The molecule has 0 bridgehead atoms. The van der Waals surface area contributed by atoms with Gasteiger partial charge in [0.25, 0.3) is 0 Å². The molecule has 1 aromatic heterocycles. The molecule has 0 amide bonds. The van der Waals surface area contributed by atoms with E-state index in [-0.39, 0.29) is 24.0 Å². The van der Waals surface area contributed by atoms with Crippen molar-refractivity contribution < 1.29 is 4.74 Å². The molecule has 1 aromatic carbocycles. The van der Waals surface area contributed by atoms with Crippen molar-refractivity contribution >= 4 is 41.3 Å². The lowest BCUT2D eigenvalue weighted by molar-refractivity contribution is 0.414. The van der Waals surface area contributed by atoms with E-state index in [4.69, 9.17) is 9.73 Å². The summed E-state index contributed by atoms with van der Waals surface area (Å²) in [5, 5.41) is 5.48. The number of halogens is 1. The second-order valence-electron chi connectivity index (χ2n) is 5.27. The number of benzene rings is 1. The number of aliphatic imine (C=N–C) groups is 1. The minimum absolute atomic E-state index is 0. The quantitative estimate of drug-likeness (QED) is 0.386. The van der Waals surface area contributed by atoms with Crippen LogP contribution in [0.3, 0.4) is 0 Å². The Bertz CT molecular complexity index is 616. The van der Waals surface area contributed by atoms with Crippen LogP contribution in [0.4, 0.5) is 0 Å². The van der Waals surface area contributed by atoms with Crippen LogP contribution >= 0.6 is 35.3 Å². The third kappa shape index (κ3) is 6.68. The maximum atomic E-state index is 5.26. The maximum Gasteiger partial charge on any atom is 0.193 e. The van der Waals surface area contributed by atoms with E-state index in [1.807, 2.05) is 18.2 Å². The first-order chi connectivity index (χ1) is 11.2. The molecule has 1 heterocycles. The fourth-order valence-electron chi connectivity index (χ4n) is 2.25. The third-order valence-corrected chi connectivity index (χ3v) is 4.45. The highest BCUT2D eigenvalue weighted by Crippen LogP contribution is 2.13. The molecule has 0 aliphatic rings. The fraction of sp³-hybridized carbons (Fsp3) is 0.389. The average Bonchev–Trinajstić information content (AvgIpc) is 3.10. The van der Waals surface area contributed by atoms with Gasteiger partial charge in [-0.25, -0.2) is 4.99 Å². The molecule has 0 radical (unpaired) electrons. The van der Waals surface area contributed by atoms with Gasteiger partial charge in [-0.15, -0.1) is 35.3 Å². The molecule has 0 saturated heterocycles. The van der Waals surface area contributed by atoms with Crippen molar-refractivity contribution in [3.63, 3.8) is 0 Å². The second kappa shape index (κ2) is 11.3. The van der Waals surface area contributed by atoms with Gasteiger partial charge < -0.3 is 15.0 Å². The normalized spacial score (nSPS) is 10.9. The van der Waals surface area contributed by atoms with Crippen LogP contribution in [0.2, 0.25) is 0 Å². The molecule has 4 nitrogen and oxygen atoms in total. The first kappa shape index (κ1) is 20.8. The third-order valence-electron chi connectivity index (χ3n) is 3.52. The monoisotopic (exact) mass is 459 g/mol. The summed E-state index contributed by atoms with van der Waals surface area (Å²) in [6.07, 6.45) is 1.04. The van der Waals surface area contributed by atoms with Crippen LogP contribution < -0.4 is 10.1 Å². The molecule has 132 valence electrons. The van der Waals surface area contributed by atoms with E-state index >= 15 is 0 Å². The summed E-state index contributed by atoms with van der Waals surface area (Å²) < 4.78 is 5.26. The Morgan fingerprint density at radius 2 is 2.12 bits per heavy atom. The summed E-state index contributed by atoms with van der Waals surface area (Å²) in [7, 11) is 3.77. The van der Waals surface area contributed by atoms with Crippen LogP contribution in [-0.4, -0.2) is 38.1 Å². The number of rotatable bonds is 7. The number of guanidine groups is 1. The molecule has 0 aliphatic carbocycles. The van der Waals surface area contributed by atoms with Gasteiger partial charge >= 0.3 is 0 Å². The van der Waals surface area contributed by atoms with Crippen LogP contribution in [0.5, 0.6) is 5.75 Å². The summed E-state index contributed by atoms with van der Waals surface area (Å²) in [4.78, 5) is 8.33. The number of ether oxygens (including phenoxy) is 1. The van der Waals surface area contributed by atoms with Crippen molar-refractivity contribution in [1.29, 1.82) is 0 Å². The number of likely N-dealkylation sites (N-methyl/N-ethyl adjacent to an activating group) is 1. The van der Waals surface area contributed by atoms with Gasteiger partial charge in [-0.3, -0.25) is 0 Å². The first-order valence-corrected chi connectivity index (χ1v) is 8.75. The SMILES string of the molecule is CCNC(=NCc1cccc(OC)c1)N(C)CCc1cccs1.I. The predicted octanol–water partition coefficient (Wildman–Crippen LogP) is 4.01. The number of nitrogens with one attached hydrogen (secondary N) is 1. The molecule has 0 unspecified atom stereocenters. The zero-order valence-electron chi connectivity index (χ0n) is 14.5. The summed E-state index contributed by atoms with van der Waals surface area (Å²) in [6, 6.07) is 12.3. The molecule has 2 rings (SSSR count). The zero-order chi connectivity index (χ0) is 16.5. The number of nitrogens with zero attached hydrogens (tertiary/aromatic N) is 2. The van der Waals surface area contributed by atoms with E-state index in [1.165, 1.54) is 4.88 Å². The Hall–Kier alpha value is -1.28. The largest absolute Gasteiger partial charge is 0.497 e. The Labute approximate surface area is 166 Å². The van der Waals surface area contributed by atoms with E-state index in [2.05, 4.69) is 47.8 Å². The van der Waals surface area contributed by atoms with Crippen LogP contribution in [0.1, 0.15) is 17.4 Å². The highest BCUT2D eigenvalue weighted by Gasteiger charge is 2.06. The molecule has 24 heavy (non-hydrogen) atoms. The Balaban J connectivity index is 0.00000288. The highest BCUT2D eigenvalue weighted by molar-refractivity contribution is 14.0. The number of methoxy groups -OCH3 is 1. The Kier molecular flexibility index (Phi) is 9.78. The first-order valence-electron chi connectivity index (χ1n) is 7.87. The summed E-state index contributed by atoms with van der Waals surface area (Å²) in [5.74, 6) is 1.81. The highest BCUT2D eigenvalue weighted by atomic mass is 127. The van der Waals surface area contributed by atoms with Crippen molar-refractivity contribution in [2.45, 2.75) is 19.9 Å². The summed E-state index contributed by atoms with van der Waals surface area (Å²) >= 11 is 1.80. The molecule has 2 aromatic rings. The topological polar surface area (TPSA) is 36.9 Å². The van der Waals surface area contributed by atoms with Crippen molar-refractivity contribution in [1.82, 2.24) is 10.2 Å². The van der Waals surface area contributed by atoms with Crippen molar-refractivity contribution in [2.75, 3.05) is 27.2 Å². The molecule has 0 spiro atoms. The zero-order valence-corrected chi connectivity index (χ0v) is 17.6. The lowest BCUT2D eigenvalue weighted by Gasteiger charge is -2.21. The van der Waals surface area contributed by atoms with Crippen LogP contribution in [-0.2, 0) is 13.0 Å². The van der Waals surface area contributed by atoms with Gasteiger partial charge in [0, 0.05) is 25.0 Å². The van der Waals surface area contributed by atoms with Gasteiger partial charge in [0.1, 0.15) is 5.75 Å². The van der Waals surface area contributed by atoms with E-state index in [1.54, 1.807) is 18.4 Å². The Morgan fingerprint density at radius 1 is 1.29 bits per heavy atom. The molecule has 6 heteroatoms. The molecule has 0 atom stereocenters. The van der Waals surface area contributed by atoms with Crippen LogP contribution in [0.15, 0.2) is 46.8 Å². The maximum absolute atomic E-state index is 5.26. The van der Waals surface area contributed by atoms with Crippen molar-refractivity contribution in [2.24, 2.45) is 4.99 Å². The minimum atomic E-state index is 0. The van der Waals surface area contributed by atoms with Gasteiger partial charge in [-0.05, 0) is 42.5 Å². The van der Waals surface area contributed by atoms with Crippen LogP contribution in [0, 0.1) is 0 Å². The molecule has 1 N–H and O–H groups in total. The number of hydrogen-bond acceptors (Lipinski definition) is 3. The second-order valence-corrected chi connectivity index (χ2v) is 6.30. The van der Waals surface area contributed by atoms with Crippen molar-refractivity contribution in [3.05, 3.63) is 52.2 Å². The van der Waals surface area contributed by atoms with Gasteiger partial charge in [0.05, 0.1) is 13.7 Å². The van der Waals surface area contributed by atoms with Gasteiger partial charge in [-0.2, -0.15) is 0 Å². The smallest absolute Gasteiger partial charge is 0.193 e. The number of thiophene rings is 1. The van der Waals surface area contributed by atoms with Gasteiger partial charge in [-0.1, -0.05) is 18.2 Å². The summed E-state index contributed by atoms with van der Waals surface area (Å²) in [6.45, 7) is 4.54. The lowest BCUT2D eigenvalue weighted by Crippen LogP contribution is -2.39. The molecule has 0 saturated carbocycles. The average molecular weight is 459 g/mol. The molecular weight excluding hydrogens is 433 g/mol. The van der Waals surface area contributed by atoms with Crippen molar-refractivity contribution in [3.8, 4) is 5.75 Å². The Morgan fingerprint density at radius 3 is 2.79 bits per heavy atom. The van der Waals surface area contributed by atoms with E-state index < -0.39 is 0 Å². The van der Waals surface area contributed by atoms with Gasteiger partial charge in [0.15, 0.2) is 5.96 Å². The minimum Gasteiger partial charge on any atom is -0.497 e. The number of hydrogen-bond donors (Lipinski definition) is 1. The fourth-order valence-corrected chi connectivity index (χ4v) is 2.94. The predicted molar refractivity (Wildman–Crippen MR) is 114 cm³/mol. The van der Waals surface area contributed by atoms with E-state index in [0.29, 0.717) is 6.54 Å². The summed E-state index contributed by atoms with van der Waals surface area (Å²) in [5.41, 5.74) is 1.14. The molecule has 0 aliphatic heterocycles. The molecular formula is C18H26IN3OS. The lowest BCUT2D eigenvalue weighted by atomic mass is 10.2.